The van der Waals surface area contributed by atoms with Crippen LogP contribution in [0.5, 0.6) is 0 Å². The van der Waals surface area contributed by atoms with Crippen LogP contribution >= 0.6 is 31.0 Å². The van der Waals surface area contributed by atoms with Crippen molar-refractivity contribution in [1.82, 2.24) is 14.5 Å². The molecule has 4 heterocycles. The van der Waals surface area contributed by atoms with E-state index in [-0.39, 0.29) is 23.6 Å². The molecule has 0 bridgehead atoms. The van der Waals surface area contributed by atoms with E-state index in [1.54, 1.807) is 18.2 Å². The van der Waals surface area contributed by atoms with Crippen molar-refractivity contribution in [2.45, 2.75) is 43.5 Å². The molecule has 3 aromatic rings. The number of hydrogen-bond donors (Lipinski definition) is 4. The number of ether oxygens (including phenoxy) is 1. The lowest BCUT2D eigenvalue weighted by atomic mass is 9.96. The molecule has 0 spiro atoms. The lowest BCUT2D eigenvalue weighted by Crippen LogP contribution is -2.44. The van der Waals surface area contributed by atoms with Gasteiger partial charge in [-0.1, -0.05) is 29.3 Å². The van der Waals surface area contributed by atoms with Gasteiger partial charge in [0.05, 0.1) is 34.7 Å². The first-order valence-corrected chi connectivity index (χ1v) is 13.1. The third-order valence-electron chi connectivity index (χ3n) is 6.21. The Morgan fingerprint density at radius 1 is 1.36 bits per heavy atom. The molecule has 1 unspecified atom stereocenters. The standard InChI is InChI=1S/C21H23Cl2N4O8P/c1-21(30)16(28)15(34-19(21)27-6-4-11-17(27)25-20(24)26-18(11)29)9-33-36(31)32-7-5-14(35-36)10-2-3-12(22)13(23)8-10/h2-4,6,8,14-16,19,28,30H,5,7,9H2,1H3,(H3,24,25,26,29)/t14-,15-,16-,19-,21-,36?/m1/s1. The third-order valence-corrected chi connectivity index (χ3v) is 8.42. The van der Waals surface area contributed by atoms with E-state index >= 15 is 0 Å². The molecule has 5 rings (SSSR count). The maximum Gasteiger partial charge on any atom is 0.475 e. The monoisotopic (exact) mass is 560 g/mol. The number of benzene rings is 1. The van der Waals surface area contributed by atoms with Gasteiger partial charge in [0, 0.05) is 12.6 Å². The Balaban J connectivity index is 1.32. The number of rotatable bonds is 5. The second-order valence-corrected chi connectivity index (χ2v) is 11.2. The molecule has 15 heteroatoms. The minimum atomic E-state index is -4.04. The normalized spacial score (nSPS) is 32.8. The van der Waals surface area contributed by atoms with Gasteiger partial charge in [0.1, 0.15) is 17.8 Å². The van der Waals surface area contributed by atoms with E-state index in [0.717, 1.165) is 0 Å². The summed E-state index contributed by atoms with van der Waals surface area (Å²) in [5, 5.41) is 22.8. The fraction of sp³-hybridized carbons (Fsp3) is 0.429. The van der Waals surface area contributed by atoms with Gasteiger partial charge in [0.25, 0.3) is 5.56 Å². The number of aliphatic hydroxyl groups excluding tert-OH is 1. The van der Waals surface area contributed by atoms with E-state index in [4.69, 9.17) is 47.2 Å². The molecule has 0 aliphatic carbocycles. The number of nitrogen functional groups attached to an aromatic ring is 1. The van der Waals surface area contributed by atoms with Crippen LogP contribution in [0, 0.1) is 0 Å². The average Bonchev–Trinajstić information content (AvgIpc) is 3.33. The Kier molecular flexibility index (Phi) is 6.69. The van der Waals surface area contributed by atoms with Gasteiger partial charge in [-0.05, 0) is 30.7 Å². The highest BCUT2D eigenvalue weighted by atomic mass is 35.5. The highest BCUT2D eigenvalue weighted by molar-refractivity contribution is 7.48. The summed E-state index contributed by atoms with van der Waals surface area (Å²) in [6.07, 6.45) is -2.47. The molecular formula is C21H23Cl2N4O8P. The van der Waals surface area contributed by atoms with Crippen molar-refractivity contribution in [2.75, 3.05) is 18.9 Å². The Morgan fingerprint density at radius 2 is 2.14 bits per heavy atom. The molecule has 0 saturated carbocycles. The van der Waals surface area contributed by atoms with Gasteiger partial charge in [-0.3, -0.25) is 23.3 Å². The molecule has 0 radical (unpaired) electrons. The summed E-state index contributed by atoms with van der Waals surface area (Å²) in [6.45, 7) is 1.03. The number of anilines is 1. The molecule has 2 aromatic heterocycles. The zero-order valence-corrected chi connectivity index (χ0v) is 21.2. The Bertz CT molecular complexity index is 1410. The molecule has 2 saturated heterocycles. The van der Waals surface area contributed by atoms with Crippen molar-refractivity contribution in [3.8, 4) is 0 Å². The van der Waals surface area contributed by atoms with Gasteiger partial charge in [-0.2, -0.15) is 4.98 Å². The number of nitrogens with two attached hydrogens (primary N) is 1. The van der Waals surface area contributed by atoms with Gasteiger partial charge >= 0.3 is 7.82 Å². The number of phosphoric ester groups is 1. The van der Waals surface area contributed by atoms with Crippen LogP contribution in [0.3, 0.4) is 0 Å². The summed E-state index contributed by atoms with van der Waals surface area (Å²) in [5.74, 6) is -0.119. The van der Waals surface area contributed by atoms with Gasteiger partial charge in [-0.25, -0.2) is 4.57 Å². The van der Waals surface area contributed by atoms with Gasteiger partial charge in [0.2, 0.25) is 5.95 Å². The lowest BCUT2D eigenvalue weighted by Gasteiger charge is -2.30. The van der Waals surface area contributed by atoms with E-state index in [2.05, 4.69) is 9.97 Å². The molecular weight excluding hydrogens is 538 g/mol. The molecule has 6 atom stereocenters. The second-order valence-electron chi connectivity index (χ2n) is 8.74. The molecule has 12 nitrogen and oxygen atoms in total. The minimum absolute atomic E-state index is 0.0909. The molecule has 2 aliphatic rings. The number of aromatic amines is 1. The number of aromatic nitrogens is 3. The van der Waals surface area contributed by atoms with Crippen molar-refractivity contribution < 1.29 is 33.1 Å². The first-order valence-electron chi connectivity index (χ1n) is 10.9. The molecule has 0 amide bonds. The summed E-state index contributed by atoms with van der Waals surface area (Å²) in [6, 6.07) is 6.41. The number of H-pyrrole nitrogens is 1. The number of nitrogens with one attached hydrogen (secondary N) is 1. The van der Waals surface area contributed by atoms with Crippen molar-refractivity contribution in [3.05, 3.63) is 56.4 Å². The fourth-order valence-electron chi connectivity index (χ4n) is 4.31. The summed E-state index contributed by atoms with van der Waals surface area (Å²) in [4.78, 5) is 18.7. The van der Waals surface area contributed by atoms with Crippen molar-refractivity contribution in [1.29, 1.82) is 0 Å². The smallest absolute Gasteiger partial charge is 0.387 e. The zero-order valence-electron chi connectivity index (χ0n) is 18.8. The predicted octanol–water partition coefficient (Wildman–Crippen LogP) is 2.93. The van der Waals surface area contributed by atoms with Gasteiger partial charge in [0.15, 0.2) is 11.9 Å². The molecule has 2 fully saturated rings. The number of phosphoric acid groups is 1. The van der Waals surface area contributed by atoms with Crippen LogP contribution in [0.25, 0.3) is 11.0 Å². The maximum absolute atomic E-state index is 13.2. The largest absolute Gasteiger partial charge is 0.475 e. The lowest BCUT2D eigenvalue weighted by molar-refractivity contribution is -0.0950. The average molecular weight is 561 g/mol. The Morgan fingerprint density at radius 3 is 2.89 bits per heavy atom. The van der Waals surface area contributed by atoms with Crippen molar-refractivity contribution >= 4 is 48.0 Å². The quantitative estimate of drug-likeness (QED) is 0.340. The van der Waals surface area contributed by atoms with Gasteiger partial charge < -0.3 is 25.3 Å². The van der Waals surface area contributed by atoms with Gasteiger partial charge in [-0.15, -0.1) is 0 Å². The third kappa shape index (κ3) is 4.58. The molecule has 1 aromatic carbocycles. The zero-order chi connectivity index (χ0) is 25.8. The molecule has 5 N–H and O–H groups in total. The topological polar surface area (TPSA) is 171 Å². The van der Waals surface area contributed by atoms with Crippen LogP contribution in [-0.4, -0.2) is 55.8 Å². The van der Waals surface area contributed by atoms with E-state index in [0.29, 0.717) is 22.0 Å². The highest BCUT2D eigenvalue weighted by Gasteiger charge is 2.54. The highest BCUT2D eigenvalue weighted by Crippen LogP contribution is 2.57. The summed E-state index contributed by atoms with van der Waals surface area (Å²) >= 11 is 12.1. The van der Waals surface area contributed by atoms with Crippen LogP contribution in [-0.2, 0) is 22.9 Å². The maximum atomic E-state index is 13.2. The number of nitrogens with zero attached hydrogens (tertiary/aromatic N) is 2. The number of halogens is 2. The van der Waals surface area contributed by atoms with E-state index < -0.39 is 50.1 Å². The second kappa shape index (κ2) is 9.39. The minimum Gasteiger partial charge on any atom is -0.387 e. The van der Waals surface area contributed by atoms with Crippen molar-refractivity contribution in [3.63, 3.8) is 0 Å². The number of aliphatic hydroxyl groups is 2. The molecule has 2 aliphatic heterocycles. The Hall–Kier alpha value is -1.99. The van der Waals surface area contributed by atoms with Crippen molar-refractivity contribution in [2.24, 2.45) is 0 Å². The van der Waals surface area contributed by atoms with E-state index in [9.17, 15) is 19.6 Å². The summed E-state index contributed by atoms with van der Waals surface area (Å²) < 4.78 is 36.8. The summed E-state index contributed by atoms with van der Waals surface area (Å²) in [7, 11) is -4.04. The summed E-state index contributed by atoms with van der Waals surface area (Å²) in [5.41, 5.74) is 4.18. The first-order chi connectivity index (χ1) is 17.0. The number of fused-ring (bicyclic) bond motifs is 1. The fourth-order valence-corrected chi connectivity index (χ4v) is 6.01. The van der Waals surface area contributed by atoms with E-state index in [1.807, 2.05) is 0 Å². The Labute approximate surface area is 214 Å². The van der Waals surface area contributed by atoms with Crippen LogP contribution in [0.2, 0.25) is 10.0 Å². The van der Waals surface area contributed by atoms with Crippen LogP contribution in [0.1, 0.15) is 31.2 Å². The van der Waals surface area contributed by atoms with Crippen LogP contribution in [0.4, 0.5) is 5.95 Å². The van der Waals surface area contributed by atoms with Crippen LogP contribution < -0.4 is 11.3 Å². The number of hydrogen-bond acceptors (Lipinski definition) is 10. The molecule has 194 valence electrons. The van der Waals surface area contributed by atoms with Crippen LogP contribution in [0.15, 0.2) is 35.3 Å². The molecule has 36 heavy (non-hydrogen) atoms. The first kappa shape index (κ1) is 25.7. The predicted molar refractivity (Wildman–Crippen MR) is 130 cm³/mol. The SMILES string of the molecule is C[C@@]1(O)[C@H](O)[C@@H](COP2(=O)OCC[C@H](c3ccc(Cl)c(Cl)c3)O2)O[C@H]1n1ccc2c(=O)[nH]c(N)nc21. The van der Waals surface area contributed by atoms with E-state index in [1.165, 1.54) is 23.8 Å².